The molecule has 86 valence electrons. The summed E-state index contributed by atoms with van der Waals surface area (Å²) < 4.78 is 0. The van der Waals surface area contributed by atoms with Crippen molar-refractivity contribution < 1.29 is 4.79 Å². The summed E-state index contributed by atoms with van der Waals surface area (Å²) in [5, 5.41) is 1.04. The third kappa shape index (κ3) is 2.96. The Kier molecular flexibility index (Phi) is 4.06. The van der Waals surface area contributed by atoms with Gasteiger partial charge in [0.1, 0.15) is 0 Å². The maximum Gasteiger partial charge on any atom is 0.222 e. The van der Waals surface area contributed by atoms with E-state index in [9.17, 15) is 4.79 Å². The molecule has 0 radical (unpaired) electrons. The average molecular weight is 274 g/mol. The molecular weight excluding hydrogens is 254 g/mol. The van der Waals surface area contributed by atoms with Crippen LogP contribution < -0.4 is 0 Å². The molecule has 0 aromatic carbocycles. The fourth-order valence-corrected chi connectivity index (χ4v) is 3.02. The molecule has 2 aliphatic rings. The highest BCUT2D eigenvalue weighted by Crippen LogP contribution is 2.30. The van der Waals surface area contributed by atoms with Gasteiger partial charge in [0, 0.05) is 24.8 Å². The van der Waals surface area contributed by atoms with Crippen molar-refractivity contribution in [2.24, 2.45) is 11.8 Å². The second-order valence-corrected chi connectivity index (χ2v) is 5.65. The van der Waals surface area contributed by atoms with Crippen LogP contribution in [0.5, 0.6) is 0 Å². The molecule has 0 spiro atoms. The van der Waals surface area contributed by atoms with Gasteiger partial charge in [-0.05, 0) is 37.5 Å². The fraction of sp³-hybridized carbons (Fsp3) is 0.917. The smallest absolute Gasteiger partial charge is 0.222 e. The average Bonchev–Trinajstić information content (AvgIpc) is 2.23. The number of carbonyl (C=O) groups excluding carboxylic acids is 1. The molecule has 2 nitrogen and oxygen atoms in total. The lowest BCUT2D eigenvalue weighted by Gasteiger charge is -2.34. The van der Waals surface area contributed by atoms with Crippen molar-refractivity contribution in [1.29, 1.82) is 0 Å². The summed E-state index contributed by atoms with van der Waals surface area (Å²) in [6, 6.07) is 0. The molecule has 1 aliphatic heterocycles. The summed E-state index contributed by atoms with van der Waals surface area (Å²) in [6.45, 7) is 1.98. The van der Waals surface area contributed by atoms with E-state index < -0.39 is 0 Å². The Balaban J connectivity index is 1.78. The highest BCUT2D eigenvalue weighted by Gasteiger charge is 2.26. The maximum atomic E-state index is 12.0. The maximum absolute atomic E-state index is 12.0. The molecule has 0 aromatic rings. The Labute approximate surface area is 101 Å². The van der Waals surface area contributed by atoms with E-state index in [1.807, 2.05) is 0 Å². The number of nitrogens with zero attached hydrogens (tertiary/aromatic N) is 1. The van der Waals surface area contributed by atoms with Crippen LogP contribution >= 0.6 is 15.9 Å². The van der Waals surface area contributed by atoms with Crippen molar-refractivity contribution in [2.75, 3.05) is 18.4 Å². The van der Waals surface area contributed by atoms with Crippen molar-refractivity contribution in [3.63, 3.8) is 0 Å². The first kappa shape index (κ1) is 11.4. The first-order valence-corrected chi connectivity index (χ1v) is 7.25. The molecule has 1 saturated heterocycles. The minimum absolute atomic E-state index is 0.408. The van der Waals surface area contributed by atoms with Gasteiger partial charge in [-0.25, -0.2) is 0 Å². The van der Waals surface area contributed by atoms with E-state index in [-0.39, 0.29) is 0 Å². The van der Waals surface area contributed by atoms with Crippen molar-refractivity contribution in [3.8, 4) is 0 Å². The molecule has 0 aromatic heterocycles. The van der Waals surface area contributed by atoms with E-state index in [2.05, 4.69) is 20.8 Å². The van der Waals surface area contributed by atoms with Gasteiger partial charge in [0.15, 0.2) is 0 Å². The van der Waals surface area contributed by atoms with Gasteiger partial charge in [0.05, 0.1) is 0 Å². The topological polar surface area (TPSA) is 20.3 Å². The predicted octanol–water partition coefficient (Wildman–Crippen LogP) is 2.81. The number of halogens is 1. The Morgan fingerprint density at radius 2 is 1.93 bits per heavy atom. The molecule has 2 rings (SSSR count). The van der Waals surface area contributed by atoms with Crippen molar-refractivity contribution in [1.82, 2.24) is 4.90 Å². The zero-order valence-electron chi connectivity index (χ0n) is 9.25. The molecule has 2 fully saturated rings. The van der Waals surface area contributed by atoms with Gasteiger partial charge >= 0.3 is 0 Å². The molecule has 0 bridgehead atoms. The summed E-state index contributed by atoms with van der Waals surface area (Å²) in [5.41, 5.74) is 0. The molecular formula is C12H20BrNO. The third-order valence-corrected chi connectivity index (χ3v) is 4.69. The van der Waals surface area contributed by atoms with Crippen LogP contribution in [-0.2, 0) is 4.79 Å². The van der Waals surface area contributed by atoms with Crippen LogP contribution in [-0.4, -0.2) is 29.2 Å². The normalized spacial score (nSPS) is 27.5. The van der Waals surface area contributed by atoms with Crippen molar-refractivity contribution >= 4 is 21.8 Å². The standard InChI is InChI=1S/C12H20BrNO/c13-8-11-5-2-6-14(9-11)12(15)7-10-3-1-4-10/h10-11H,1-9H2. The zero-order chi connectivity index (χ0) is 10.7. The molecule has 1 aliphatic carbocycles. The van der Waals surface area contributed by atoms with E-state index in [0.717, 1.165) is 24.8 Å². The monoisotopic (exact) mass is 273 g/mol. The molecule has 3 heteroatoms. The zero-order valence-corrected chi connectivity index (χ0v) is 10.8. The lowest BCUT2D eigenvalue weighted by atomic mass is 9.82. The highest BCUT2D eigenvalue weighted by atomic mass is 79.9. The first-order chi connectivity index (χ1) is 7.29. The van der Waals surface area contributed by atoms with Gasteiger partial charge in [-0.1, -0.05) is 22.4 Å². The molecule has 1 unspecified atom stereocenters. The summed E-state index contributed by atoms with van der Waals surface area (Å²) in [6.07, 6.45) is 7.17. The molecule has 1 amide bonds. The minimum atomic E-state index is 0.408. The number of likely N-dealkylation sites (tertiary alicyclic amines) is 1. The van der Waals surface area contributed by atoms with Crippen LogP contribution in [0.4, 0.5) is 0 Å². The number of hydrogen-bond acceptors (Lipinski definition) is 1. The van der Waals surface area contributed by atoms with E-state index in [1.54, 1.807) is 0 Å². The van der Waals surface area contributed by atoms with E-state index in [0.29, 0.717) is 17.7 Å². The second-order valence-electron chi connectivity index (χ2n) is 5.00. The minimum Gasteiger partial charge on any atom is -0.342 e. The summed E-state index contributed by atoms with van der Waals surface area (Å²) in [5.74, 6) is 1.80. The molecule has 1 atom stereocenters. The molecule has 15 heavy (non-hydrogen) atoms. The molecule has 1 heterocycles. The fourth-order valence-electron chi connectivity index (χ4n) is 2.49. The van der Waals surface area contributed by atoms with Crippen LogP contribution in [0.2, 0.25) is 0 Å². The Bertz CT molecular complexity index is 228. The van der Waals surface area contributed by atoms with Gasteiger partial charge in [0.25, 0.3) is 0 Å². The Morgan fingerprint density at radius 1 is 1.20 bits per heavy atom. The van der Waals surface area contributed by atoms with E-state index in [4.69, 9.17) is 0 Å². The first-order valence-electron chi connectivity index (χ1n) is 6.13. The number of hydrogen-bond donors (Lipinski definition) is 0. The van der Waals surface area contributed by atoms with Crippen molar-refractivity contribution in [3.05, 3.63) is 0 Å². The summed E-state index contributed by atoms with van der Waals surface area (Å²) >= 11 is 3.53. The second kappa shape index (κ2) is 5.33. The van der Waals surface area contributed by atoms with Gasteiger partial charge in [-0.2, -0.15) is 0 Å². The third-order valence-electron chi connectivity index (χ3n) is 3.78. The summed E-state index contributed by atoms with van der Waals surface area (Å²) in [4.78, 5) is 14.1. The Hall–Kier alpha value is -0.0500. The van der Waals surface area contributed by atoms with Crippen LogP contribution in [0.25, 0.3) is 0 Å². The quantitative estimate of drug-likeness (QED) is 0.725. The van der Waals surface area contributed by atoms with Gasteiger partial charge < -0.3 is 4.90 Å². The predicted molar refractivity (Wildman–Crippen MR) is 65.1 cm³/mol. The Morgan fingerprint density at radius 3 is 2.53 bits per heavy atom. The van der Waals surface area contributed by atoms with Gasteiger partial charge in [-0.15, -0.1) is 0 Å². The summed E-state index contributed by atoms with van der Waals surface area (Å²) in [7, 11) is 0. The van der Waals surface area contributed by atoms with Crippen LogP contribution in [0.1, 0.15) is 38.5 Å². The van der Waals surface area contributed by atoms with Crippen LogP contribution in [0, 0.1) is 11.8 Å². The largest absolute Gasteiger partial charge is 0.342 e. The highest BCUT2D eigenvalue weighted by molar-refractivity contribution is 9.09. The molecule has 0 N–H and O–H groups in total. The number of carbonyl (C=O) groups is 1. The number of alkyl halides is 1. The van der Waals surface area contributed by atoms with Gasteiger partial charge in [0.2, 0.25) is 5.91 Å². The van der Waals surface area contributed by atoms with Crippen LogP contribution in [0.3, 0.4) is 0 Å². The molecule has 1 saturated carbocycles. The van der Waals surface area contributed by atoms with Crippen LogP contribution in [0.15, 0.2) is 0 Å². The van der Waals surface area contributed by atoms with Crippen molar-refractivity contribution in [2.45, 2.75) is 38.5 Å². The lowest BCUT2D eigenvalue weighted by molar-refractivity contribution is -0.134. The van der Waals surface area contributed by atoms with Gasteiger partial charge in [-0.3, -0.25) is 4.79 Å². The number of amides is 1. The SMILES string of the molecule is O=C(CC1CCC1)N1CCCC(CBr)C1. The number of piperidine rings is 1. The van der Waals surface area contributed by atoms with E-state index >= 15 is 0 Å². The number of rotatable bonds is 3. The lowest BCUT2D eigenvalue weighted by Crippen LogP contribution is -2.41. The van der Waals surface area contributed by atoms with E-state index in [1.165, 1.54) is 32.1 Å².